The minimum Gasteiger partial charge on any atom is -0.366 e. The summed E-state index contributed by atoms with van der Waals surface area (Å²) in [7, 11) is 0. The highest BCUT2D eigenvalue weighted by atomic mass is 35.5. The third kappa shape index (κ3) is 4.52. The van der Waals surface area contributed by atoms with E-state index in [1.54, 1.807) is 30.3 Å². The summed E-state index contributed by atoms with van der Waals surface area (Å²) in [5.41, 5.74) is 4.00. The fourth-order valence-electron chi connectivity index (χ4n) is 4.31. The number of nitriles is 1. The fourth-order valence-corrected chi connectivity index (χ4v) is 4.50. The highest BCUT2D eigenvalue weighted by molar-refractivity contribution is 6.34. The van der Waals surface area contributed by atoms with E-state index in [0.29, 0.717) is 16.6 Å². The zero-order valence-corrected chi connectivity index (χ0v) is 18.8. The Balaban J connectivity index is 1.91. The normalized spacial score (nSPS) is 17.8. The average molecular weight is 422 g/mol. The van der Waals surface area contributed by atoms with Crippen molar-refractivity contribution >= 4 is 35.0 Å². The molecule has 0 saturated heterocycles. The maximum Gasteiger partial charge on any atom is 0.266 e. The van der Waals surface area contributed by atoms with E-state index >= 15 is 0 Å². The lowest BCUT2D eigenvalue weighted by Gasteiger charge is -2.47. The van der Waals surface area contributed by atoms with Crippen molar-refractivity contribution in [1.82, 2.24) is 0 Å². The fraction of sp³-hybridized carbons (Fsp3) is 0.360. The maximum absolute atomic E-state index is 12.6. The lowest BCUT2D eigenvalue weighted by molar-refractivity contribution is -0.112. The Morgan fingerprint density at radius 2 is 2.07 bits per heavy atom. The summed E-state index contributed by atoms with van der Waals surface area (Å²) in [6, 6.07) is 15.2. The largest absolute Gasteiger partial charge is 0.366 e. The molecule has 30 heavy (non-hydrogen) atoms. The number of carbonyl (C=O) groups excluding carboxylic acids is 1. The van der Waals surface area contributed by atoms with Crippen molar-refractivity contribution < 1.29 is 4.79 Å². The first-order valence-corrected chi connectivity index (χ1v) is 10.7. The summed E-state index contributed by atoms with van der Waals surface area (Å²) < 4.78 is 0. The second kappa shape index (κ2) is 8.93. The number of anilines is 2. The lowest BCUT2D eigenvalue weighted by Crippen LogP contribution is -2.48. The SMILES string of the molecule is CCCN1c2ccc(/C=C(\C#N)C(=O)Nc3ccccc3Cl)cc2C(C)CC1(C)C. The summed E-state index contributed by atoms with van der Waals surface area (Å²) in [5, 5.41) is 12.7. The number of nitrogens with zero attached hydrogens (tertiary/aromatic N) is 2. The van der Waals surface area contributed by atoms with Crippen LogP contribution in [-0.4, -0.2) is 18.0 Å². The van der Waals surface area contributed by atoms with Crippen molar-refractivity contribution in [1.29, 1.82) is 5.26 Å². The number of amides is 1. The molecule has 0 aliphatic carbocycles. The van der Waals surface area contributed by atoms with E-state index in [1.165, 1.54) is 11.3 Å². The Bertz CT molecular complexity index is 1020. The molecule has 0 aromatic heterocycles. The second-order valence-electron chi connectivity index (χ2n) is 8.49. The smallest absolute Gasteiger partial charge is 0.266 e. The van der Waals surface area contributed by atoms with Gasteiger partial charge < -0.3 is 10.2 Å². The van der Waals surface area contributed by atoms with Gasteiger partial charge in [0.1, 0.15) is 11.6 Å². The summed E-state index contributed by atoms with van der Waals surface area (Å²) in [4.78, 5) is 15.1. The van der Waals surface area contributed by atoms with Crippen LogP contribution >= 0.6 is 11.6 Å². The van der Waals surface area contributed by atoms with E-state index in [9.17, 15) is 10.1 Å². The van der Waals surface area contributed by atoms with Crippen molar-refractivity contribution in [3.05, 3.63) is 64.2 Å². The van der Waals surface area contributed by atoms with Crippen molar-refractivity contribution in [2.24, 2.45) is 0 Å². The molecule has 156 valence electrons. The van der Waals surface area contributed by atoms with Gasteiger partial charge in [-0.2, -0.15) is 5.26 Å². The van der Waals surface area contributed by atoms with Gasteiger partial charge >= 0.3 is 0 Å². The Kier molecular flexibility index (Phi) is 6.53. The second-order valence-corrected chi connectivity index (χ2v) is 8.90. The number of halogens is 1. The molecule has 0 radical (unpaired) electrons. The van der Waals surface area contributed by atoms with Crippen molar-refractivity contribution in [2.45, 2.75) is 52.0 Å². The van der Waals surface area contributed by atoms with Crippen molar-refractivity contribution in [3.63, 3.8) is 0 Å². The van der Waals surface area contributed by atoms with Crippen molar-refractivity contribution in [3.8, 4) is 6.07 Å². The van der Waals surface area contributed by atoms with Gasteiger partial charge in [-0.25, -0.2) is 0 Å². The number of carbonyl (C=O) groups is 1. The molecule has 3 rings (SSSR count). The van der Waals surface area contributed by atoms with Crippen LogP contribution < -0.4 is 10.2 Å². The van der Waals surface area contributed by atoms with E-state index in [2.05, 4.69) is 50.0 Å². The van der Waals surface area contributed by atoms with E-state index in [4.69, 9.17) is 11.6 Å². The molecule has 1 atom stereocenters. The van der Waals surface area contributed by atoms with Gasteiger partial charge in [0.05, 0.1) is 10.7 Å². The van der Waals surface area contributed by atoms with Gasteiger partial charge in [0.2, 0.25) is 0 Å². The van der Waals surface area contributed by atoms with Gasteiger partial charge in [-0.1, -0.05) is 43.6 Å². The van der Waals surface area contributed by atoms with Crippen LogP contribution in [0.3, 0.4) is 0 Å². The third-order valence-electron chi connectivity index (χ3n) is 5.66. The maximum atomic E-state index is 12.6. The minimum atomic E-state index is -0.467. The van der Waals surface area contributed by atoms with Gasteiger partial charge in [0.25, 0.3) is 5.91 Å². The number of hydrogen-bond donors (Lipinski definition) is 1. The molecule has 0 fully saturated rings. The molecule has 1 aliphatic heterocycles. The number of hydrogen-bond acceptors (Lipinski definition) is 3. The summed E-state index contributed by atoms with van der Waals surface area (Å²) in [6.45, 7) is 10.0. The summed E-state index contributed by atoms with van der Waals surface area (Å²) in [6.07, 6.45) is 3.79. The first kappa shape index (κ1) is 21.9. The van der Waals surface area contributed by atoms with E-state index in [-0.39, 0.29) is 11.1 Å². The van der Waals surface area contributed by atoms with Crippen LogP contribution in [0, 0.1) is 11.3 Å². The summed E-state index contributed by atoms with van der Waals surface area (Å²) >= 11 is 6.11. The average Bonchev–Trinajstić information content (AvgIpc) is 2.70. The monoisotopic (exact) mass is 421 g/mol. The molecule has 1 unspecified atom stereocenters. The van der Waals surface area contributed by atoms with Gasteiger partial charge in [0, 0.05) is 17.8 Å². The molecule has 0 bridgehead atoms. The molecule has 1 amide bonds. The predicted molar refractivity (Wildman–Crippen MR) is 125 cm³/mol. The molecule has 1 aliphatic rings. The van der Waals surface area contributed by atoms with Crippen LogP contribution in [0.1, 0.15) is 57.6 Å². The topological polar surface area (TPSA) is 56.1 Å². The predicted octanol–water partition coefficient (Wildman–Crippen LogP) is 6.39. The van der Waals surface area contributed by atoms with Gasteiger partial charge in [0.15, 0.2) is 0 Å². The van der Waals surface area contributed by atoms with E-state index in [1.807, 2.05) is 12.1 Å². The molecule has 4 nitrogen and oxygen atoms in total. The number of para-hydroxylation sites is 1. The Morgan fingerprint density at radius 3 is 2.73 bits per heavy atom. The minimum absolute atomic E-state index is 0.0454. The van der Waals surface area contributed by atoms with Gasteiger partial charge in [-0.15, -0.1) is 0 Å². The van der Waals surface area contributed by atoms with E-state index in [0.717, 1.165) is 24.9 Å². The Morgan fingerprint density at radius 1 is 1.33 bits per heavy atom. The zero-order valence-electron chi connectivity index (χ0n) is 18.0. The molecule has 2 aromatic rings. The standard InChI is InChI=1S/C25H28ClN3O/c1-5-12-29-23-11-10-18(14-20(23)17(2)15-25(29,3)4)13-19(16-27)24(30)28-22-9-7-6-8-21(22)26/h6-11,13-14,17H,5,12,15H2,1-4H3,(H,28,30)/b19-13+. The van der Waals surface area contributed by atoms with Crippen LogP contribution in [-0.2, 0) is 4.79 Å². The summed E-state index contributed by atoms with van der Waals surface area (Å²) in [5.74, 6) is -0.0657. The third-order valence-corrected chi connectivity index (χ3v) is 5.98. The zero-order chi connectivity index (χ0) is 21.9. The molecule has 1 heterocycles. The molecule has 0 spiro atoms. The molecule has 5 heteroatoms. The van der Waals surface area contributed by atoms with Crippen LogP contribution in [0.2, 0.25) is 5.02 Å². The van der Waals surface area contributed by atoms with Gasteiger partial charge in [-0.3, -0.25) is 4.79 Å². The number of rotatable bonds is 5. The first-order valence-electron chi connectivity index (χ1n) is 10.4. The lowest BCUT2D eigenvalue weighted by atomic mass is 9.79. The van der Waals surface area contributed by atoms with E-state index < -0.39 is 5.91 Å². The van der Waals surface area contributed by atoms with Crippen LogP contribution in [0.5, 0.6) is 0 Å². The first-order chi connectivity index (χ1) is 14.3. The van der Waals surface area contributed by atoms with Crippen LogP contribution in [0.4, 0.5) is 11.4 Å². The highest BCUT2D eigenvalue weighted by Crippen LogP contribution is 2.43. The van der Waals surface area contributed by atoms with Gasteiger partial charge in [-0.05, 0) is 74.1 Å². The Labute approximate surface area is 184 Å². The number of nitrogens with one attached hydrogen (secondary N) is 1. The number of fused-ring (bicyclic) bond motifs is 1. The molecule has 1 N–H and O–H groups in total. The van der Waals surface area contributed by atoms with Crippen LogP contribution in [0.25, 0.3) is 6.08 Å². The highest BCUT2D eigenvalue weighted by Gasteiger charge is 2.35. The Hall–Kier alpha value is -2.77. The molecular formula is C25H28ClN3O. The van der Waals surface area contributed by atoms with Crippen LogP contribution in [0.15, 0.2) is 48.0 Å². The quantitative estimate of drug-likeness (QED) is 0.449. The molecular weight excluding hydrogens is 394 g/mol. The number of benzene rings is 2. The molecule has 2 aromatic carbocycles. The molecule has 0 saturated carbocycles. The van der Waals surface area contributed by atoms with Crippen molar-refractivity contribution in [2.75, 3.05) is 16.8 Å².